The van der Waals surface area contributed by atoms with Gasteiger partial charge in [-0.1, -0.05) is 35.9 Å². The lowest BCUT2D eigenvalue weighted by Gasteiger charge is -2.13. The summed E-state index contributed by atoms with van der Waals surface area (Å²) in [5.41, 5.74) is 2.08. The van der Waals surface area contributed by atoms with Gasteiger partial charge in [0.1, 0.15) is 5.82 Å². The molecule has 0 aliphatic heterocycles. The van der Waals surface area contributed by atoms with Crippen LogP contribution in [0.3, 0.4) is 0 Å². The van der Waals surface area contributed by atoms with Gasteiger partial charge in [0.15, 0.2) is 5.96 Å². The highest BCUT2D eigenvalue weighted by Crippen LogP contribution is 2.22. The minimum Gasteiger partial charge on any atom is -0.356 e. The quantitative estimate of drug-likeness (QED) is 0.315. The lowest BCUT2D eigenvalue weighted by atomic mass is 10.2. The molecule has 0 heterocycles. The highest BCUT2D eigenvalue weighted by Gasteiger charge is 2.07. The van der Waals surface area contributed by atoms with Crippen LogP contribution in [-0.4, -0.2) is 25.5 Å². The number of carbonyl (C=O) groups excluding carboxylic acids is 1. The second kappa shape index (κ2) is 11.8. The molecule has 0 spiro atoms. The van der Waals surface area contributed by atoms with Gasteiger partial charge in [0, 0.05) is 42.8 Å². The van der Waals surface area contributed by atoms with Crippen LogP contribution in [-0.2, 0) is 11.3 Å². The van der Waals surface area contributed by atoms with Crippen molar-refractivity contribution in [2.75, 3.05) is 18.9 Å². The Balaban J connectivity index is 0.00000364. The zero-order valence-corrected chi connectivity index (χ0v) is 18.3. The average Bonchev–Trinajstić information content (AvgIpc) is 2.63. The predicted molar refractivity (Wildman–Crippen MR) is 119 cm³/mol. The van der Waals surface area contributed by atoms with E-state index >= 15 is 0 Å². The van der Waals surface area contributed by atoms with Crippen LogP contribution >= 0.6 is 35.6 Å². The first-order valence-electron chi connectivity index (χ1n) is 8.24. The molecular formula is C19H23ClFIN4O. The molecule has 0 fully saturated rings. The molecule has 0 aromatic heterocycles. The van der Waals surface area contributed by atoms with Crippen molar-refractivity contribution >= 4 is 53.1 Å². The van der Waals surface area contributed by atoms with Crippen molar-refractivity contribution in [1.82, 2.24) is 10.6 Å². The van der Waals surface area contributed by atoms with Crippen molar-refractivity contribution in [2.24, 2.45) is 4.99 Å². The number of nitrogens with one attached hydrogen (secondary N) is 3. The molecule has 146 valence electrons. The third-order valence-corrected chi connectivity index (χ3v) is 4.22. The Bertz CT molecular complexity index is 801. The molecule has 0 radical (unpaired) electrons. The van der Waals surface area contributed by atoms with Gasteiger partial charge in [-0.2, -0.15) is 0 Å². The molecule has 1 amide bonds. The maximum atomic E-state index is 13.6. The molecule has 0 bridgehead atoms. The average molecular weight is 505 g/mol. The predicted octanol–water partition coefficient (Wildman–Crippen LogP) is 4.10. The first kappa shape index (κ1) is 23.2. The molecule has 0 saturated heterocycles. The fraction of sp³-hybridized carbons (Fsp3) is 0.263. The molecule has 0 unspecified atom stereocenters. The Hall–Kier alpha value is -1.87. The summed E-state index contributed by atoms with van der Waals surface area (Å²) in [7, 11) is 1.62. The van der Waals surface area contributed by atoms with E-state index in [2.05, 4.69) is 20.9 Å². The third-order valence-electron chi connectivity index (χ3n) is 3.81. The molecular weight excluding hydrogens is 482 g/mol. The van der Waals surface area contributed by atoms with E-state index < -0.39 is 0 Å². The summed E-state index contributed by atoms with van der Waals surface area (Å²) in [6.45, 7) is 2.55. The second-order valence-electron chi connectivity index (χ2n) is 5.65. The van der Waals surface area contributed by atoms with E-state index in [0.717, 1.165) is 5.56 Å². The molecule has 27 heavy (non-hydrogen) atoms. The zero-order chi connectivity index (χ0) is 18.9. The lowest BCUT2D eigenvalue weighted by molar-refractivity contribution is -0.116. The van der Waals surface area contributed by atoms with Crippen LogP contribution in [0.5, 0.6) is 0 Å². The summed E-state index contributed by atoms with van der Waals surface area (Å²) in [6, 6.07) is 11.9. The summed E-state index contributed by atoms with van der Waals surface area (Å²) in [5.74, 6) is 0.0964. The van der Waals surface area contributed by atoms with Gasteiger partial charge < -0.3 is 16.0 Å². The Morgan fingerprint density at radius 1 is 1.15 bits per heavy atom. The number of nitrogens with zero attached hydrogens (tertiary/aromatic N) is 1. The number of aliphatic imine (C=N–C) groups is 1. The van der Waals surface area contributed by atoms with E-state index in [4.69, 9.17) is 11.6 Å². The van der Waals surface area contributed by atoms with E-state index in [1.807, 2.05) is 6.92 Å². The standard InChI is InChI=1S/C19H22ClFN4O.HI/c1-13-15(20)7-5-9-17(13)25-18(26)10-11-23-19(22-2)24-12-14-6-3-4-8-16(14)21;/h3-9H,10-12H2,1-2H3,(H,25,26)(H2,22,23,24);1H. The number of benzene rings is 2. The van der Waals surface area contributed by atoms with Gasteiger partial charge in [-0.25, -0.2) is 4.39 Å². The largest absolute Gasteiger partial charge is 0.356 e. The highest BCUT2D eigenvalue weighted by atomic mass is 127. The summed E-state index contributed by atoms with van der Waals surface area (Å²) in [6.07, 6.45) is 0.256. The molecule has 0 aliphatic rings. The van der Waals surface area contributed by atoms with E-state index in [1.54, 1.807) is 43.4 Å². The topological polar surface area (TPSA) is 65.5 Å². The van der Waals surface area contributed by atoms with Gasteiger partial charge >= 0.3 is 0 Å². The summed E-state index contributed by atoms with van der Waals surface area (Å²) in [5, 5.41) is 9.49. The number of hydrogen-bond acceptors (Lipinski definition) is 2. The monoisotopic (exact) mass is 504 g/mol. The van der Waals surface area contributed by atoms with Gasteiger partial charge in [0.2, 0.25) is 5.91 Å². The molecule has 2 aromatic carbocycles. The van der Waals surface area contributed by atoms with Crippen LogP contribution < -0.4 is 16.0 Å². The van der Waals surface area contributed by atoms with Crippen LogP contribution in [0.15, 0.2) is 47.5 Å². The molecule has 0 aliphatic carbocycles. The second-order valence-corrected chi connectivity index (χ2v) is 6.06. The minimum atomic E-state index is -0.272. The van der Waals surface area contributed by atoms with Crippen molar-refractivity contribution in [2.45, 2.75) is 19.9 Å². The van der Waals surface area contributed by atoms with E-state index in [-0.39, 0.29) is 42.1 Å². The van der Waals surface area contributed by atoms with E-state index in [0.29, 0.717) is 35.3 Å². The number of rotatable bonds is 6. The van der Waals surface area contributed by atoms with E-state index in [1.165, 1.54) is 6.07 Å². The smallest absolute Gasteiger partial charge is 0.226 e. The lowest BCUT2D eigenvalue weighted by Crippen LogP contribution is -2.38. The molecule has 0 saturated carbocycles. The number of anilines is 1. The Morgan fingerprint density at radius 3 is 2.59 bits per heavy atom. The third kappa shape index (κ3) is 7.34. The van der Waals surface area contributed by atoms with Gasteiger partial charge in [-0.3, -0.25) is 9.79 Å². The molecule has 2 aromatic rings. The summed E-state index contributed by atoms with van der Waals surface area (Å²) in [4.78, 5) is 16.1. The molecule has 3 N–H and O–H groups in total. The Morgan fingerprint density at radius 2 is 1.89 bits per heavy atom. The summed E-state index contributed by atoms with van der Waals surface area (Å²) < 4.78 is 13.6. The number of hydrogen-bond donors (Lipinski definition) is 3. The van der Waals surface area contributed by atoms with Gasteiger partial charge in [0.05, 0.1) is 0 Å². The molecule has 8 heteroatoms. The van der Waals surface area contributed by atoms with Crippen LogP contribution in [0.1, 0.15) is 17.5 Å². The van der Waals surface area contributed by atoms with Crippen molar-refractivity contribution in [3.8, 4) is 0 Å². The Kier molecular flexibility index (Phi) is 10.1. The van der Waals surface area contributed by atoms with Crippen LogP contribution in [0.25, 0.3) is 0 Å². The maximum absolute atomic E-state index is 13.6. The van der Waals surface area contributed by atoms with Gasteiger partial charge in [-0.15, -0.1) is 24.0 Å². The maximum Gasteiger partial charge on any atom is 0.226 e. The Labute approximate surface area is 180 Å². The van der Waals surface area contributed by atoms with Crippen molar-refractivity contribution in [1.29, 1.82) is 0 Å². The van der Waals surface area contributed by atoms with Crippen molar-refractivity contribution in [3.63, 3.8) is 0 Å². The van der Waals surface area contributed by atoms with Crippen LogP contribution in [0.2, 0.25) is 5.02 Å². The number of amides is 1. The first-order chi connectivity index (χ1) is 12.5. The number of halogens is 3. The molecule has 2 rings (SSSR count). The van der Waals surface area contributed by atoms with Crippen molar-refractivity contribution in [3.05, 3.63) is 64.4 Å². The minimum absolute atomic E-state index is 0. The first-order valence-corrected chi connectivity index (χ1v) is 8.62. The fourth-order valence-electron chi connectivity index (χ4n) is 2.29. The van der Waals surface area contributed by atoms with E-state index in [9.17, 15) is 9.18 Å². The number of carbonyl (C=O) groups is 1. The van der Waals surface area contributed by atoms with Crippen LogP contribution in [0.4, 0.5) is 10.1 Å². The molecule has 5 nitrogen and oxygen atoms in total. The zero-order valence-electron chi connectivity index (χ0n) is 15.2. The van der Waals surface area contributed by atoms with Gasteiger partial charge in [-0.05, 0) is 30.7 Å². The SMILES string of the molecule is CN=C(NCCC(=O)Nc1cccc(Cl)c1C)NCc1ccccc1F.I. The number of guanidine groups is 1. The summed E-state index contributed by atoms with van der Waals surface area (Å²) >= 11 is 6.04. The fourth-order valence-corrected chi connectivity index (χ4v) is 2.47. The highest BCUT2D eigenvalue weighted by molar-refractivity contribution is 14.0. The van der Waals surface area contributed by atoms with Crippen LogP contribution in [0, 0.1) is 12.7 Å². The molecule has 0 atom stereocenters. The van der Waals surface area contributed by atoms with Crippen molar-refractivity contribution < 1.29 is 9.18 Å². The van der Waals surface area contributed by atoms with Gasteiger partial charge in [0.25, 0.3) is 0 Å². The normalized spacial score (nSPS) is 10.7.